The Morgan fingerprint density at radius 3 is 3.12 bits per heavy atom. The number of nitrogen functional groups attached to an aromatic ring is 1. The minimum absolute atomic E-state index is 0.270. The van der Waals surface area contributed by atoms with Crippen molar-refractivity contribution in [2.24, 2.45) is 0 Å². The van der Waals surface area contributed by atoms with Crippen molar-refractivity contribution in [2.75, 3.05) is 12.3 Å². The van der Waals surface area contributed by atoms with E-state index < -0.39 is 5.97 Å². The van der Waals surface area contributed by atoms with Gasteiger partial charge in [0, 0.05) is 6.20 Å². The third kappa shape index (κ3) is 1.92. The fourth-order valence-corrected chi connectivity index (χ4v) is 2.14. The average Bonchev–Trinajstić information content (AvgIpc) is 2.85. The molecular weight excluding hydrogens is 226 g/mol. The minimum Gasteiger partial charge on any atom is -0.461 e. The first kappa shape index (κ1) is 10.7. The third-order valence-corrected chi connectivity index (χ3v) is 2.87. The summed E-state index contributed by atoms with van der Waals surface area (Å²) in [5.74, 6) is -0.444. The Hall–Kier alpha value is -1.82. The van der Waals surface area contributed by atoms with Gasteiger partial charge in [-0.2, -0.15) is 0 Å². The van der Waals surface area contributed by atoms with Gasteiger partial charge in [-0.15, -0.1) is 0 Å². The lowest BCUT2D eigenvalue weighted by molar-refractivity contribution is 0.0521. The number of aromatic amines is 1. The normalized spacial score (nSPS) is 10.3. The minimum atomic E-state index is -0.444. The van der Waals surface area contributed by atoms with Crippen LogP contribution in [0.25, 0.3) is 10.6 Å². The number of nitrogens with one attached hydrogen (secondary N) is 1. The predicted molar refractivity (Wildman–Crippen MR) is 62.3 cm³/mol. The lowest BCUT2D eigenvalue weighted by Gasteiger charge is -2.00. The number of anilines is 1. The molecule has 0 amide bonds. The topological polar surface area (TPSA) is 81.0 Å². The monoisotopic (exact) mass is 237 g/mol. The fourth-order valence-electron chi connectivity index (χ4n) is 1.33. The van der Waals surface area contributed by atoms with Crippen LogP contribution in [0.4, 0.5) is 5.13 Å². The Morgan fingerprint density at radius 1 is 1.69 bits per heavy atom. The summed E-state index contributed by atoms with van der Waals surface area (Å²) < 4.78 is 4.92. The van der Waals surface area contributed by atoms with Gasteiger partial charge < -0.3 is 15.5 Å². The van der Waals surface area contributed by atoms with Gasteiger partial charge in [-0.3, -0.25) is 0 Å². The molecule has 84 valence electrons. The summed E-state index contributed by atoms with van der Waals surface area (Å²) in [7, 11) is 0. The highest BCUT2D eigenvalue weighted by molar-refractivity contribution is 7.19. The number of rotatable bonds is 3. The molecule has 2 heterocycles. The van der Waals surface area contributed by atoms with Crippen LogP contribution < -0.4 is 5.73 Å². The predicted octanol–water partition coefficient (Wildman–Crippen LogP) is 1.90. The number of ether oxygens (including phenoxy) is 1. The van der Waals surface area contributed by atoms with Crippen LogP contribution in [-0.2, 0) is 4.74 Å². The zero-order valence-corrected chi connectivity index (χ0v) is 9.50. The van der Waals surface area contributed by atoms with Crippen LogP contribution in [0.2, 0.25) is 0 Å². The summed E-state index contributed by atoms with van der Waals surface area (Å²) in [5, 5.41) is 0.354. The van der Waals surface area contributed by atoms with E-state index in [9.17, 15) is 4.79 Å². The summed E-state index contributed by atoms with van der Waals surface area (Å²) in [4.78, 5) is 19.3. The largest absolute Gasteiger partial charge is 0.461 e. The molecule has 0 spiro atoms. The molecule has 3 N–H and O–H groups in total. The molecule has 6 heteroatoms. The van der Waals surface area contributed by atoms with Gasteiger partial charge in [-0.1, -0.05) is 11.3 Å². The summed E-state index contributed by atoms with van der Waals surface area (Å²) in [6, 6.07) is 3.70. The molecule has 0 fully saturated rings. The molecule has 2 rings (SSSR count). The lowest BCUT2D eigenvalue weighted by atomic mass is 10.3. The number of esters is 1. The highest BCUT2D eigenvalue weighted by Crippen LogP contribution is 2.30. The molecule has 0 aliphatic carbocycles. The average molecular weight is 237 g/mol. The molecule has 0 aromatic carbocycles. The Bertz CT molecular complexity index is 490. The first-order chi connectivity index (χ1) is 7.72. The van der Waals surface area contributed by atoms with Crippen LogP contribution in [-0.4, -0.2) is 22.5 Å². The molecule has 16 heavy (non-hydrogen) atoms. The van der Waals surface area contributed by atoms with Crippen LogP contribution in [0.3, 0.4) is 0 Å². The second kappa shape index (κ2) is 4.36. The Morgan fingerprint density at radius 2 is 2.50 bits per heavy atom. The zero-order chi connectivity index (χ0) is 11.5. The van der Waals surface area contributed by atoms with E-state index in [1.54, 1.807) is 13.1 Å². The van der Waals surface area contributed by atoms with Gasteiger partial charge in [0.2, 0.25) is 0 Å². The van der Waals surface area contributed by atoms with Crippen molar-refractivity contribution >= 4 is 22.4 Å². The second-order valence-electron chi connectivity index (χ2n) is 3.03. The third-order valence-electron chi connectivity index (χ3n) is 1.96. The van der Waals surface area contributed by atoms with E-state index in [0.29, 0.717) is 16.6 Å². The second-order valence-corrected chi connectivity index (χ2v) is 4.06. The Kier molecular flexibility index (Phi) is 2.91. The maximum atomic E-state index is 11.6. The molecule has 0 saturated carbocycles. The SMILES string of the molecule is CCOC(=O)c1nc(N)sc1-c1ccc[nH]1. The number of thiazole rings is 1. The van der Waals surface area contributed by atoms with Gasteiger partial charge in [0.15, 0.2) is 10.8 Å². The molecule has 0 aliphatic heterocycles. The van der Waals surface area contributed by atoms with Crippen molar-refractivity contribution in [3.8, 4) is 10.6 Å². The van der Waals surface area contributed by atoms with Crippen LogP contribution >= 0.6 is 11.3 Å². The van der Waals surface area contributed by atoms with Gasteiger partial charge in [-0.25, -0.2) is 9.78 Å². The van der Waals surface area contributed by atoms with E-state index in [1.165, 1.54) is 11.3 Å². The molecule has 0 bridgehead atoms. The highest BCUT2D eigenvalue weighted by atomic mass is 32.1. The maximum absolute atomic E-state index is 11.6. The van der Waals surface area contributed by atoms with Crippen LogP contribution in [0.15, 0.2) is 18.3 Å². The molecule has 2 aromatic heterocycles. The number of carbonyl (C=O) groups excluding carboxylic acids is 1. The fraction of sp³-hybridized carbons (Fsp3) is 0.200. The van der Waals surface area contributed by atoms with E-state index in [0.717, 1.165) is 5.69 Å². The van der Waals surface area contributed by atoms with Crippen LogP contribution in [0.1, 0.15) is 17.4 Å². The number of nitrogens with two attached hydrogens (primary N) is 1. The standard InChI is InChI=1S/C10H11N3O2S/c1-2-15-9(14)7-8(16-10(11)13-7)6-4-3-5-12-6/h3-5,12H,2H2,1H3,(H2,11,13). The molecule has 0 saturated heterocycles. The number of carbonyl (C=O) groups is 1. The number of aromatic nitrogens is 2. The summed E-state index contributed by atoms with van der Waals surface area (Å²) in [5.41, 5.74) is 6.69. The summed E-state index contributed by atoms with van der Waals surface area (Å²) in [6.07, 6.45) is 1.78. The number of nitrogens with zero attached hydrogens (tertiary/aromatic N) is 1. The quantitative estimate of drug-likeness (QED) is 0.799. The van der Waals surface area contributed by atoms with Crippen molar-refractivity contribution in [1.82, 2.24) is 9.97 Å². The van der Waals surface area contributed by atoms with E-state index in [4.69, 9.17) is 10.5 Å². The molecule has 0 aliphatic rings. The van der Waals surface area contributed by atoms with Gasteiger partial charge in [0.25, 0.3) is 0 Å². The first-order valence-corrected chi connectivity index (χ1v) is 5.61. The first-order valence-electron chi connectivity index (χ1n) is 4.79. The van der Waals surface area contributed by atoms with Gasteiger partial charge >= 0.3 is 5.97 Å². The van der Waals surface area contributed by atoms with Gasteiger partial charge in [0.1, 0.15) is 0 Å². The Labute approximate surface area is 96.3 Å². The highest BCUT2D eigenvalue weighted by Gasteiger charge is 2.19. The van der Waals surface area contributed by atoms with E-state index in [1.807, 2.05) is 12.1 Å². The molecule has 2 aromatic rings. The molecular formula is C10H11N3O2S. The van der Waals surface area contributed by atoms with Gasteiger partial charge in [-0.05, 0) is 19.1 Å². The maximum Gasteiger partial charge on any atom is 0.358 e. The molecule has 0 unspecified atom stereocenters. The summed E-state index contributed by atoms with van der Waals surface area (Å²) >= 11 is 1.26. The lowest BCUT2D eigenvalue weighted by Crippen LogP contribution is -2.06. The molecule has 0 radical (unpaired) electrons. The Balaban J connectivity index is 2.42. The van der Waals surface area contributed by atoms with Crippen molar-refractivity contribution < 1.29 is 9.53 Å². The summed E-state index contributed by atoms with van der Waals surface area (Å²) in [6.45, 7) is 2.07. The van der Waals surface area contributed by atoms with E-state index in [2.05, 4.69) is 9.97 Å². The van der Waals surface area contributed by atoms with Crippen molar-refractivity contribution in [3.63, 3.8) is 0 Å². The van der Waals surface area contributed by atoms with E-state index in [-0.39, 0.29) is 5.69 Å². The molecule has 5 nitrogen and oxygen atoms in total. The van der Waals surface area contributed by atoms with Crippen molar-refractivity contribution in [2.45, 2.75) is 6.92 Å². The van der Waals surface area contributed by atoms with Crippen molar-refractivity contribution in [1.29, 1.82) is 0 Å². The van der Waals surface area contributed by atoms with Gasteiger partial charge in [0.05, 0.1) is 17.2 Å². The number of H-pyrrole nitrogens is 1. The molecule has 0 atom stereocenters. The number of hydrogen-bond donors (Lipinski definition) is 2. The zero-order valence-electron chi connectivity index (χ0n) is 8.69. The van der Waals surface area contributed by atoms with E-state index >= 15 is 0 Å². The smallest absolute Gasteiger partial charge is 0.358 e. The number of hydrogen-bond acceptors (Lipinski definition) is 5. The van der Waals surface area contributed by atoms with Crippen LogP contribution in [0, 0.1) is 0 Å². The van der Waals surface area contributed by atoms with Crippen molar-refractivity contribution in [3.05, 3.63) is 24.0 Å². The van der Waals surface area contributed by atoms with Crippen LogP contribution in [0.5, 0.6) is 0 Å².